The molecule has 0 saturated carbocycles. The lowest BCUT2D eigenvalue weighted by atomic mass is 9.79. The molecule has 1 unspecified atom stereocenters. The molecule has 0 saturated heterocycles. The van der Waals surface area contributed by atoms with Crippen LogP contribution in [0, 0.1) is 0 Å². The van der Waals surface area contributed by atoms with E-state index in [0.717, 1.165) is 23.5 Å². The molecule has 0 amide bonds. The minimum atomic E-state index is 0.333. The predicted molar refractivity (Wildman–Crippen MR) is 305 cm³/mol. The Morgan fingerprint density at radius 3 is 1.39 bits per heavy atom. The normalized spacial score (nSPS) is 13.7. The van der Waals surface area contributed by atoms with Crippen molar-refractivity contribution in [3.8, 4) is 22.3 Å². The number of benzene rings is 13. The predicted octanol–water partition coefficient (Wildman–Crippen LogP) is 19.7. The molecule has 332 valence electrons. The first-order valence-corrected chi connectivity index (χ1v) is 24.9. The smallest absolute Gasteiger partial charge is 0.0546 e. The third-order valence-electron chi connectivity index (χ3n) is 15.1. The average molecular weight is 902 g/mol. The van der Waals surface area contributed by atoms with Gasteiger partial charge in [0.25, 0.3) is 0 Å². The largest absolute Gasteiger partial charge is 0.309 e. The van der Waals surface area contributed by atoms with Crippen molar-refractivity contribution in [3.63, 3.8) is 0 Å². The lowest BCUT2D eigenvalue weighted by molar-refractivity contribution is 0.857. The summed E-state index contributed by atoms with van der Waals surface area (Å²) in [5, 5.41) is 17.3. The van der Waals surface area contributed by atoms with Gasteiger partial charge in [0.1, 0.15) is 0 Å². The number of hydrogen-bond acceptors (Lipinski definition) is 1. The second-order valence-corrected chi connectivity index (χ2v) is 19.0. The Kier molecular flexibility index (Phi) is 9.74. The maximum Gasteiger partial charge on any atom is 0.0546 e. The van der Waals surface area contributed by atoms with Gasteiger partial charge in [-0.15, -0.1) is 0 Å². The lowest BCUT2D eigenvalue weighted by Gasteiger charge is -2.30. The summed E-state index contributed by atoms with van der Waals surface area (Å²) in [6, 6.07) is 92.3. The van der Waals surface area contributed by atoms with Crippen molar-refractivity contribution in [2.24, 2.45) is 0 Å². The monoisotopic (exact) mass is 901 g/mol. The first-order chi connectivity index (χ1) is 35.2. The van der Waals surface area contributed by atoms with E-state index in [-0.39, 0.29) is 0 Å². The number of hydrogen-bond donors (Lipinski definition) is 0. The SMILES string of the molecule is C1=CC(c2ccccc2)CC=C1c1cc(-c2ccccc2)c2c3ccccc3c3cc(N(c4cc5ccccc5c5ccccc45)c4cc5ccccc5c5ccccc45)ccc3c2c1-c1ccccc1. The first kappa shape index (κ1) is 41.0. The van der Waals surface area contributed by atoms with Gasteiger partial charge < -0.3 is 4.90 Å². The maximum absolute atomic E-state index is 2.55. The summed E-state index contributed by atoms with van der Waals surface area (Å²) < 4.78 is 0. The molecular formula is C70H47N. The van der Waals surface area contributed by atoms with Crippen LogP contribution in [0.2, 0.25) is 0 Å². The van der Waals surface area contributed by atoms with Crippen LogP contribution in [-0.4, -0.2) is 0 Å². The van der Waals surface area contributed by atoms with Crippen LogP contribution in [0.15, 0.2) is 267 Å². The van der Waals surface area contributed by atoms with Crippen molar-refractivity contribution in [2.45, 2.75) is 12.3 Å². The molecule has 0 radical (unpaired) electrons. The Labute approximate surface area is 413 Å². The lowest BCUT2D eigenvalue weighted by Crippen LogP contribution is -2.11. The zero-order chi connectivity index (χ0) is 46.8. The molecule has 0 aromatic heterocycles. The molecule has 13 aromatic carbocycles. The van der Waals surface area contributed by atoms with Crippen LogP contribution in [0.4, 0.5) is 17.1 Å². The van der Waals surface area contributed by atoms with Crippen molar-refractivity contribution in [3.05, 3.63) is 278 Å². The number of allylic oxidation sites excluding steroid dienone is 4. The standard InChI is InChI=1S/C70H47N/c1-4-20-46(21-5-1)47-36-38-49(39-37-47)63-45-64(48-22-6-2-7-23-48)69-61-35-19-16-32-58(61)65-44-53(40-41-62(65)70(69)68(63)50-24-8-3-9-25-50)71(66-42-51-26-10-12-28-54(51)56-30-14-17-33-59(56)66)67-43-52-27-11-13-29-55(52)57-31-15-18-34-60(57)67/h1-36,38-45,47H,37H2. The van der Waals surface area contributed by atoms with E-state index in [2.05, 4.69) is 272 Å². The highest BCUT2D eigenvalue weighted by molar-refractivity contribution is 6.33. The van der Waals surface area contributed by atoms with Gasteiger partial charge in [-0.05, 0) is 140 Å². The van der Waals surface area contributed by atoms with Crippen LogP contribution >= 0.6 is 0 Å². The third kappa shape index (κ3) is 6.77. The maximum atomic E-state index is 2.55. The summed E-state index contributed by atoms with van der Waals surface area (Å²) in [5.41, 5.74) is 12.2. The van der Waals surface area contributed by atoms with Crippen LogP contribution < -0.4 is 4.90 Å². The molecule has 0 fully saturated rings. The van der Waals surface area contributed by atoms with E-state index in [0.29, 0.717) is 5.92 Å². The van der Waals surface area contributed by atoms with Crippen LogP contribution in [-0.2, 0) is 0 Å². The summed E-state index contributed by atoms with van der Waals surface area (Å²) in [4.78, 5) is 2.55. The Balaban J connectivity index is 1.11. The molecule has 0 spiro atoms. The molecule has 1 atom stereocenters. The third-order valence-corrected chi connectivity index (χ3v) is 15.1. The molecule has 13 aromatic rings. The molecule has 1 nitrogen and oxygen atoms in total. The van der Waals surface area contributed by atoms with Crippen LogP contribution in [0.25, 0.3) is 103 Å². The highest BCUT2D eigenvalue weighted by Gasteiger charge is 2.26. The average Bonchev–Trinajstić information content (AvgIpc) is 3.45. The molecule has 71 heavy (non-hydrogen) atoms. The van der Waals surface area contributed by atoms with Crippen molar-refractivity contribution in [1.82, 2.24) is 0 Å². The Morgan fingerprint density at radius 1 is 0.338 bits per heavy atom. The quantitative estimate of drug-likeness (QED) is 0.144. The van der Waals surface area contributed by atoms with Crippen LogP contribution in [0.1, 0.15) is 23.5 Å². The molecule has 0 N–H and O–H groups in total. The highest BCUT2D eigenvalue weighted by Crippen LogP contribution is 2.51. The van der Waals surface area contributed by atoms with Gasteiger partial charge in [0.2, 0.25) is 0 Å². The van der Waals surface area contributed by atoms with Gasteiger partial charge >= 0.3 is 0 Å². The van der Waals surface area contributed by atoms with Crippen molar-refractivity contribution in [2.75, 3.05) is 4.90 Å². The van der Waals surface area contributed by atoms with Crippen molar-refractivity contribution in [1.29, 1.82) is 0 Å². The Morgan fingerprint density at radius 2 is 0.817 bits per heavy atom. The summed E-state index contributed by atoms with van der Waals surface area (Å²) >= 11 is 0. The van der Waals surface area contributed by atoms with Gasteiger partial charge in [-0.2, -0.15) is 0 Å². The van der Waals surface area contributed by atoms with Crippen LogP contribution in [0.5, 0.6) is 0 Å². The second-order valence-electron chi connectivity index (χ2n) is 19.0. The molecule has 14 rings (SSSR count). The number of rotatable bonds is 7. The van der Waals surface area contributed by atoms with Gasteiger partial charge in [0.05, 0.1) is 11.4 Å². The zero-order valence-electron chi connectivity index (χ0n) is 39.1. The highest BCUT2D eigenvalue weighted by atomic mass is 15.1. The molecule has 1 aliphatic carbocycles. The minimum absolute atomic E-state index is 0.333. The topological polar surface area (TPSA) is 3.24 Å². The van der Waals surface area contributed by atoms with Gasteiger partial charge in [0.15, 0.2) is 0 Å². The van der Waals surface area contributed by atoms with E-state index < -0.39 is 0 Å². The van der Waals surface area contributed by atoms with Gasteiger partial charge in [-0.1, -0.05) is 237 Å². The van der Waals surface area contributed by atoms with Crippen molar-refractivity contribution >= 4 is 98.0 Å². The number of anilines is 3. The van der Waals surface area contributed by atoms with E-state index in [1.807, 2.05) is 0 Å². The molecule has 0 bridgehead atoms. The zero-order valence-corrected chi connectivity index (χ0v) is 39.1. The molecule has 1 heteroatoms. The van der Waals surface area contributed by atoms with E-state index in [1.165, 1.54) is 114 Å². The Hall–Kier alpha value is -9.04. The fraction of sp³-hybridized carbons (Fsp3) is 0.0286. The van der Waals surface area contributed by atoms with E-state index in [4.69, 9.17) is 0 Å². The second kappa shape index (κ2) is 16.9. The first-order valence-electron chi connectivity index (χ1n) is 24.9. The molecular weight excluding hydrogens is 855 g/mol. The van der Waals surface area contributed by atoms with Crippen LogP contribution in [0.3, 0.4) is 0 Å². The van der Waals surface area contributed by atoms with Crippen molar-refractivity contribution < 1.29 is 0 Å². The summed E-state index contributed by atoms with van der Waals surface area (Å²) in [6.07, 6.45) is 8.21. The summed E-state index contributed by atoms with van der Waals surface area (Å²) in [7, 11) is 0. The minimum Gasteiger partial charge on any atom is -0.309 e. The van der Waals surface area contributed by atoms with Gasteiger partial charge in [-0.25, -0.2) is 0 Å². The summed E-state index contributed by atoms with van der Waals surface area (Å²) in [5.74, 6) is 0.333. The van der Waals surface area contributed by atoms with E-state index in [1.54, 1.807) is 0 Å². The molecule has 0 heterocycles. The number of nitrogens with zero attached hydrogens (tertiary/aromatic N) is 1. The van der Waals surface area contributed by atoms with Gasteiger partial charge in [-0.3, -0.25) is 0 Å². The molecule has 1 aliphatic rings. The van der Waals surface area contributed by atoms with Gasteiger partial charge in [0, 0.05) is 22.4 Å². The summed E-state index contributed by atoms with van der Waals surface area (Å²) in [6.45, 7) is 0. The molecule has 0 aliphatic heterocycles. The number of fused-ring (bicyclic) bond motifs is 12. The van der Waals surface area contributed by atoms with E-state index >= 15 is 0 Å². The fourth-order valence-corrected chi connectivity index (χ4v) is 11.9. The fourth-order valence-electron chi connectivity index (χ4n) is 11.9. The Bertz CT molecular complexity index is 4180. The van der Waals surface area contributed by atoms with E-state index in [9.17, 15) is 0 Å².